The smallest absolute Gasteiger partial charge is 0.145 e. The van der Waals surface area contributed by atoms with Crippen LogP contribution in [0.15, 0.2) is 18.2 Å². The van der Waals surface area contributed by atoms with Crippen molar-refractivity contribution in [3.8, 4) is 11.5 Å². The first-order chi connectivity index (χ1) is 7.10. The molecule has 84 valence electrons. The molecule has 1 aromatic carbocycles. The van der Waals surface area contributed by atoms with E-state index in [0.717, 1.165) is 17.2 Å². The summed E-state index contributed by atoms with van der Waals surface area (Å²) in [6.07, 6.45) is 0. The van der Waals surface area contributed by atoms with Gasteiger partial charge in [0.2, 0.25) is 0 Å². The molecule has 0 saturated carbocycles. The molecule has 0 bridgehead atoms. The van der Waals surface area contributed by atoms with Gasteiger partial charge in [-0.15, -0.1) is 0 Å². The summed E-state index contributed by atoms with van der Waals surface area (Å²) in [6.45, 7) is 1.91. The maximum Gasteiger partial charge on any atom is 0.145 e. The molecule has 0 aromatic heterocycles. The van der Waals surface area contributed by atoms with E-state index in [4.69, 9.17) is 21.1 Å². The van der Waals surface area contributed by atoms with E-state index in [9.17, 15) is 0 Å². The molecular weight excluding hydrogens is 214 g/mol. The Bertz CT molecular complexity index is 328. The molecule has 1 atom stereocenters. The van der Waals surface area contributed by atoms with Gasteiger partial charge in [-0.25, -0.2) is 0 Å². The summed E-state index contributed by atoms with van der Waals surface area (Å²) in [5.74, 6) is 1.52. The van der Waals surface area contributed by atoms with Crippen molar-refractivity contribution in [2.75, 3.05) is 26.2 Å². The maximum atomic E-state index is 6.00. The Kier molecular flexibility index (Phi) is 4.09. The molecule has 1 rings (SSSR count). The van der Waals surface area contributed by atoms with Gasteiger partial charge in [-0.1, -0.05) is 11.6 Å². The molecule has 1 aromatic rings. The summed E-state index contributed by atoms with van der Waals surface area (Å²) in [5.41, 5.74) is 0.855. The third-order valence-electron chi connectivity index (χ3n) is 2.30. The third-order valence-corrected chi connectivity index (χ3v) is 2.59. The van der Waals surface area contributed by atoms with Gasteiger partial charge in [0.15, 0.2) is 0 Å². The number of halogens is 1. The number of ether oxygens (including phenoxy) is 2. The van der Waals surface area contributed by atoms with Crippen molar-refractivity contribution >= 4 is 17.3 Å². The minimum absolute atomic E-state index is 0.0905. The second-order valence-corrected chi connectivity index (χ2v) is 3.85. The van der Waals surface area contributed by atoms with Crippen LogP contribution < -0.4 is 14.4 Å². The first-order valence-corrected chi connectivity index (χ1v) is 5.12. The predicted molar refractivity (Wildman–Crippen MR) is 63.3 cm³/mol. The van der Waals surface area contributed by atoms with Gasteiger partial charge in [0.25, 0.3) is 0 Å². The highest BCUT2D eigenvalue weighted by atomic mass is 35.5. The van der Waals surface area contributed by atoms with Gasteiger partial charge >= 0.3 is 0 Å². The Labute approximate surface area is 95.5 Å². The van der Waals surface area contributed by atoms with Crippen molar-refractivity contribution in [1.82, 2.24) is 0 Å². The number of hydrogen-bond donors (Lipinski definition) is 0. The summed E-state index contributed by atoms with van der Waals surface area (Å²) in [5, 5.41) is 0. The van der Waals surface area contributed by atoms with Crippen molar-refractivity contribution < 1.29 is 9.47 Å². The van der Waals surface area contributed by atoms with E-state index in [1.165, 1.54) is 0 Å². The lowest BCUT2D eigenvalue weighted by atomic mass is 10.2. The monoisotopic (exact) mass is 229 g/mol. The van der Waals surface area contributed by atoms with E-state index in [0.29, 0.717) is 0 Å². The van der Waals surface area contributed by atoms with E-state index in [1.807, 2.05) is 37.1 Å². The van der Waals surface area contributed by atoms with Crippen LogP contribution >= 0.6 is 11.6 Å². The number of anilines is 1. The van der Waals surface area contributed by atoms with Crippen molar-refractivity contribution in [2.24, 2.45) is 0 Å². The molecule has 0 aliphatic rings. The molecule has 0 aliphatic carbocycles. The van der Waals surface area contributed by atoms with Crippen molar-refractivity contribution in [3.63, 3.8) is 0 Å². The standard InChI is InChI=1S/C11H16ClNO2/c1-8(12)13(2)10-6-5-9(14-3)7-11(10)15-4/h5-8H,1-4H3. The second-order valence-electron chi connectivity index (χ2n) is 3.22. The lowest BCUT2D eigenvalue weighted by Gasteiger charge is -2.24. The number of methoxy groups -OCH3 is 2. The SMILES string of the molecule is COc1ccc(N(C)C(C)Cl)c(OC)c1. The van der Waals surface area contributed by atoms with Crippen LogP contribution in [0.1, 0.15) is 6.92 Å². The fraction of sp³-hybridized carbons (Fsp3) is 0.455. The quantitative estimate of drug-likeness (QED) is 0.585. The number of nitrogens with zero attached hydrogens (tertiary/aromatic N) is 1. The highest BCUT2D eigenvalue weighted by Crippen LogP contribution is 2.32. The predicted octanol–water partition coefficient (Wildman–Crippen LogP) is 2.72. The summed E-state index contributed by atoms with van der Waals surface area (Å²) in [6, 6.07) is 5.65. The molecule has 0 fully saturated rings. The second kappa shape index (κ2) is 5.12. The van der Waals surface area contributed by atoms with Crippen molar-refractivity contribution in [3.05, 3.63) is 18.2 Å². The van der Waals surface area contributed by atoms with Crippen LogP contribution in [0.5, 0.6) is 11.5 Å². The number of rotatable bonds is 4. The Morgan fingerprint density at radius 3 is 2.40 bits per heavy atom. The highest BCUT2D eigenvalue weighted by molar-refractivity contribution is 6.21. The zero-order valence-electron chi connectivity index (χ0n) is 9.45. The number of hydrogen-bond acceptors (Lipinski definition) is 3. The Morgan fingerprint density at radius 2 is 1.93 bits per heavy atom. The highest BCUT2D eigenvalue weighted by Gasteiger charge is 2.12. The Hall–Kier alpha value is -1.09. The van der Waals surface area contributed by atoms with Gasteiger partial charge in [-0.2, -0.15) is 0 Å². The third kappa shape index (κ3) is 2.69. The molecule has 0 saturated heterocycles. The topological polar surface area (TPSA) is 21.7 Å². The molecular formula is C11H16ClNO2. The van der Waals surface area contributed by atoms with Gasteiger partial charge in [0.1, 0.15) is 17.0 Å². The molecule has 3 nitrogen and oxygen atoms in total. The van der Waals surface area contributed by atoms with Crippen LogP contribution in [-0.4, -0.2) is 26.8 Å². The van der Waals surface area contributed by atoms with E-state index in [-0.39, 0.29) is 5.50 Å². The van der Waals surface area contributed by atoms with E-state index in [1.54, 1.807) is 14.2 Å². The minimum Gasteiger partial charge on any atom is -0.497 e. The van der Waals surface area contributed by atoms with Crippen LogP contribution in [0, 0.1) is 0 Å². The van der Waals surface area contributed by atoms with Crippen molar-refractivity contribution in [2.45, 2.75) is 12.4 Å². The van der Waals surface area contributed by atoms with E-state index in [2.05, 4.69) is 0 Å². The van der Waals surface area contributed by atoms with Gasteiger partial charge < -0.3 is 14.4 Å². The molecule has 0 amide bonds. The maximum absolute atomic E-state index is 6.00. The fourth-order valence-corrected chi connectivity index (χ4v) is 1.37. The largest absolute Gasteiger partial charge is 0.497 e. The Balaban J connectivity index is 3.07. The normalized spacial score (nSPS) is 12.1. The van der Waals surface area contributed by atoms with Crippen molar-refractivity contribution in [1.29, 1.82) is 0 Å². The van der Waals surface area contributed by atoms with Crippen LogP contribution in [0.2, 0.25) is 0 Å². The lowest BCUT2D eigenvalue weighted by molar-refractivity contribution is 0.394. The average Bonchev–Trinajstić information content (AvgIpc) is 2.27. The molecule has 15 heavy (non-hydrogen) atoms. The first-order valence-electron chi connectivity index (χ1n) is 4.69. The molecule has 4 heteroatoms. The molecule has 0 spiro atoms. The number of alkyl halides is 1. The number of benzene rings is 1. The van der Waals surface area contributed by atoms with Crippen LogP contribution in [0.25, 0.3) is 0 Å². The van der Waals surface area contributed by atoms with Gasteiger partial charge in [-0.3, -0.25) is 0 Å². The van der Waals surface area contributed by atoms with E-state index >= 15 is 0 Å². The molecule has 0 N–H and O–H groups in total. The van der Waals surface area contributed by atoms with Gasteiger partial charge in [-0.05, 0) is 19.1 Å². The summed E-state index contributed by atoms with van der Waals surface area (Å²) < 4.78 is 10.4. The first kappa shape index (κ1) is 12.0. The van der Waals surface area contributed by atoms with Crippen LogP contribution in [0.4, 0.5) is 5.69 Å². The molecule has 0 radical (unpaired) electrons. The zero-order chi connectivity index (χ0) is 11.4. The summed E-state index contributed by atoms with van der Waals surface area (Å²) >= 11 is 6.00. The summed E-state index contributed by atoms with van der Waals surface area (Å²) in [4.78, 5) is 1.93. The minimum atomic E-state index is -0.0905. The van der Waals surface area contributed by atoms with Gasteiger partial charge in [0, 0.05) is 13.1 Å². The zero-order valence-corrected chi connectivity index (χ0v) is 10.2. The molecule has 0 aliphatic heterocycles. The molecule has 1 unspecified atom stereocenters. The fourth-order valence-electron chi connectivity index (χ4n) is 1.27. The van der Waals surface area contributed by atoms with E-state index < -0.39 is 0 Å². The van der Waals surface area contributed by atoms with Crippen LogP contribution in [0.3, 0.4) is 0 Å². The lowest BCUT2D eigenvalue weighted by Crippen LogP contribution is -2.23. The average molecular weight is 230 g/mol. The molecule has 0 heterocycles. The van der Waals surface area contributed by atoms with Gasteiger partial charge in [0.05, 0.1) is 19.9 Å². The van der Waals surface area contributed by atoms with Crippen LogP contribution in [-0.2, 0) is 0 Å². The summed E-state index contributed by atoms with van der Waals surface area (Å²) in [7, 11) is 5.18. The Morgan fingerprint density at radius 1 is 1.27 bits per heavy atom.